The molecule has 3 heterocycles. The first-order chi connectivity index (χ1) is 31.9. The van der Waals surface area contributed by atoms with Crippen molar-refractivity contribution in [3.05, 3.63) is 71.3 Å². The fourth-order valence-electron chi connectivity index (χ4n) is 8.07. The van der Waals surface area contributed by atoms with Crippen molar-refractivity contribution in [1.82, 2.24) is 0 Å². The van der Waals surface area contributed by atoms with Crippen LogP contribution in [0.3, 0.4) is 0 Å². The van der Waals surface area contributed by atoms with E-state index in [-0.39, 0.29) is 33.8 Å². The molecule has 25 nitrogen and oxygen atoms in total. The highest BCUT2D eigenvalue weighted by atomic mass is 16.7. The second kappa shape index (κ2) is 22.0. The third-order valence-corrected chi connectivity index (χ3v) is 11.8. The van der Waals surface area contributed by atoms with Crippen LogP contribution in [0.15, 0.2) is 54.6 Å². The molecule has 0 bridgehead atoms. The average molecular weight is 952 g/mol. The SMILES string of the molecule is C[NH2+]C1[C@H](O[C@@H]2C(COC(=O)c3cc(N)ccc3O)O[C@@H](O[C@@H]3C(COC(=O)c4cc(N)ccc4O)O[C@@H](O)C([NH2+]C)[C@@H]3O)C([NH2+]C)[C@@H]2O)OC(COC(=O)c2cc(N)ccc2O)[C@@H](O)[C@H]1O. The number of quaternary nitrogens is 3. The van der Waals surface area contributed by atoms with E-state index in [4.69, 9.17) is 55.1 Å². The van der Waals surface area contributed by atoms with E-state index in [2.05, 4.69) is 0 Å². The predicted octanol–water partition coefficient (Wildman–Crippen LogP) is -6.51. The Balaban J connectivity index is 1.27. The predicted molar refractivity (Wildman–Crippen MR) is 225 cm³/mol. The molecule has 6 unspecified atom stereocenters. The number of carbonyl (C=O) groups is 3. The van der Waals surface area contributed by atoms with Gasteiger partial charge in [0.15, 0.2) is 18.1 Å². The zero-order valence-electron chi connectivity index (χ0n) is 36.5. The lowest BCUT2D eigenvalue weighted by Gasteiger charge is -2.47. The average Bonchev–Trinajstić information content (AvgIpc) is 3.29. The normalized spacial score (nSPS) is 32.0. The van der Waals surface area contributed by atoms with Crippen molar-refractivity contribution in [1.29, 1.82) is 0 Å². The number of nitrogens with two attached hydrogens (primary N) is 6. The van der Waals surface area contributed by atoms with E-state index in [1.165, 1.54) is 70.5 Å². The third kappa shape index (κ3) is 11.4. The summed E-state index contributed by atoms with van der Waals surface area (Å²) in [6, 6.07) is 7.87. The van der Waals surface area contributed by atoms with E-state index >= 15 is 0 Å². The smallest absolute Gasteiger partial charge is 0.342 e. The summed E-state index contributed by atoms with van der Waals surface area (Å²) in [5.74, 6) is -4.44. The molecule has 3 saturated heterocycles. The molecular formula is C42H59N6O19+3. The van der Waals surface area contributed by atoms with Crippen LogP contribution in [0.5, 0.6) is 17.2 Å². The summed E-state index contributed by atoms with van der Waals surface area (Å²) in [5, 5.41) is 92.3. The van der Waals surface area contributed by atoms with Gasteiger partial charge in [0.05, 0.1) is 21.1 Å². The molecule has 67 heavy (non-hydrogen) atoms. The molecule has 25 heteroatoms. The van der Waals surface area contributed by atoms with Gasteiger partial charge in [-0.3, -0.25) is 0 Å². The maximum atomic E-state index is 13.4. The van der Waals surface area contributed by atoms with Gasteiger partial charge in [-0.2, -0.15) is 0 Å². The van der Waals surface area contributed by atoms with Crippen LogP contribution in [0, 0.1) is 0 Å². The van der Waals surface area contributed by atoms with Gasteiger partial charge in [-0.15, -0.1) is 0 Å². The Bertz CT molecular complexity index is 2210. The van der Waals surface area contributed by atoms with Crippen LogP contribution in [-0.4, -0.2) is 192 Å². The summed E-state index contributed by atoms with van der Waals surface area (Å²) in [4.78, 5) is 39.4. The first-order valence-electron chi connectivity index (χ1n) is 21.2. The number of aliphatic hydroxyl groups excluding tert-OH is 5. The van der Waals surface area contributed by atoms with Crippen LogP contribution in [0.2, 0.25) is 0 Å². The Morgan fingerprint density at radius 3 is 1.25 bits per heavy atom. The number of phenols is 3. The van der Waals surface area contributed by atoms with Crippen molar-refractivity contribution in [3.63, 3.8) is 0 Å². The number of hydrogen-bond acceptors (Lipinski definition) is 22. The number of benzene rings is 3. The minimum Gasteiger partial charge on any atom is -0.507 e. The summed E-state index contributed by atoms with van der Waals surface area (Å²) in [6.07, 6.45) is -18.4. The number of aromatic hydroxyl groups is 3. The summed E-state index contributed by atoms with van der Waals surface area (Å²) >= 11 is 0. The molecule has 3 aromatic rings. The quantitative estimate of drug-likeness (QED) is 0.0275. The maximum Gasteiger partial charge on any atom is 0.342 e. The fraction of sp³-hybridized carbons (Fsp3) is 0.500. The molecule has 3 aliphatic rings. The molecule has 3 fully saturated rings. The number of esters is 3. The van der Waals surface area contributed by atoms with Crippen molar-refractivity contribution in [2.75, 3.05) is 58.2 Å². The Labute approximate surface area is 382 Å². The van der Waals surface area contributed by atoms with Gasteiger partial charge in [-0.05, 0) is 54.6 Å². The lowest BCUT2D eigenvalue weighted by Crippen LogP contribution is -2.96. The summed E-state index contributed by atoms with van der Waals surface area (Å²) in [5.41, 5.74) is 17.0. The number of likely N-dealkylation sites (N-methyl/N-ethyl adjacent to an activating group) is 3. The number of hydrogen-bond donors (Lipinski definition) is 14. The van der Waals surface area contributed by atoms with Crippen molar-refractivity contribution in [2.45, 2.75) is 91.9 Å². The molecule has 3 aliphatic heterocycles. The maximum absolute atomic E-state index is 13.4. The Kier molecular flexibility index (Phi) is 16.6. The van der Waals surface area contributed by atoms with E-state index in [1.54, 1.807) is 21.1 Å². The molecule has 0 amide bonds. The number of ether oxygens (including phenoxy) is 8. The Hall–Kier alpha value is -5.65. The van der Waals surface area contributed by atoms with Gasteiger partial charge in [-0.1, -0.05) is 0 Å². The molecule has 0 aromatic heterocycles. The Morgan fingerprint density at radius 1 is 0.507 bits per heavy atom. The van der Waals surface area contributed by atoms with Gasteiger partial charge in [0.1, 0.15) is 109 Å². The largest absolute Gasteiger partial charge is 0.507 e. The summed E-state index contributed by atoms with van der Waals surface area (Å²) < 4.78 is 47.3. The van der Waals surface area contributed by atoms with Crippen LogP contribution in [0.4, 0.5) is 17.1 Å². The highest BCUT2D eigenvalue weighted by Crippen LogP contribution is 2.33. The fourth-order valence-corrected chi connectivity index (χ4v) is 8.07. The number of aliphatic hydroxyl groups is 5. The Morgan fingerprint density at radius 2 is 0.851 bits per heavy atom. The van der Waals surface area contributed by atoms with E-state index in [0.29, 0.717) is 0 Å². The highest BCUT2D eigenvalue weighted by Gasteiger charge is 2.56. The second-order valence-corrected chi connectivity index (χ2v) is 16.2. The zero-order valence-corrected chi connectivity index (χ0v) is 36.5. The van der Waals surface area contributed by atoms with Gasteiger partial charge in [-0.25, -0.2) is 14.4 Å². The number of rotatable bonds is 16. The number of anilines is 3. The summed E-state index contributed by atoms with van der Waals surface area (Å²) in [7, 11) is 4.65. The van der Waals surface area contributed by atoms with Crippen LogP contribution < -0.4 is 33.2 Å². The molecule has 0 spiro atoms. The van der Waals surface area contributed by atoms with Gasteiger partial charge >= 0.3 is 17.9 Å². The van der Waals surface area contributed by atoms with E-state index in [1.807, 2.05) is 0 Å². The zero-order chi connectivity index (χ0) is 48.9. The van der Waals surface area contributed by atoms with Crippen molar-refractivity contribution in [3.8, 4) is 17.2 Å². The lowest BCUT2D eigenvalue weighted by atomic mass is 9.94. The number of carbonyl (C=O) groups excluding carboxylic acids is 3. The monoisotopic (exact) mass is 951 g/mol. The molecule has 20 N–H and O–H groups in total. The van der Waals surface area contributed by atoms with Crippen LogP contribution in [0.25, 0.3) is 0 Å². The second-order valence-electron chi connectivity index (χ2n) is 16.2. The minimum atomic E-state index is -1.65. The minimum absolute atomic E-state index is 0.123. The molecule has 15 atom stereocenters. The van der Waals surface area contributed by atoms with Crippen molar-refractivity contribution < 1.29 is 109 Å². The number of nitrogen functional groups attached to an aromatic ring is 3. The highest BCUT2D eigenvalue weighted by molar-refractivity contribution is 5.94. The van der Waals surface area contributed by atoms with Crippen LogP contribution in [-0.2, 0) is 37.9 Å². The molecule has 3 aromatic carbocycles. The van der Waals surface area contributed by atoms with Gasteiger partial charge in [0, 0.05) is 17.1 Å². The number of phenolic OH excluding ortho intramolecular Hbond substituents is 3. The molecular weight excluding hydrogens is 892 g/mol. The van der Waals surface area contributed by atoms with Gasteiger partial charge in [0.25, 0.3) is 0 Å². The van der Waals surface area contributed by atoms with E-state index < -0.39 is 147 Å². The molecule has 0 saturated carbocycles. The van der Waals surface area contributed by atoms with Gasteiger partial charge < -0.3 is 112 Å². The molecule has 0 aliphatic carbocycles. The summed E-state index contributed by atoms with van der Waals surface area (Å²) in [6.45, 7) is -2.02. The first kappa shape index (κ1) is 50.8. The molecule has 6 rings (SSSR count). The first-order valence-corrected chi connectivity index (χ1v) is 21.2. The lowest BCUT2D eigenvalue weighted by molar-refractivity contribution is -0.706. The van der Waals surface area contributed by atoms with Crippen LogP contribution in [0.1, 0.15) is 31.1 Å². The van der Waals surface area contributed by atoms with Crippen molar-refractivity contribution in [2.24, 2.45) is 0 Å². The van der Waals surface area contributed by atoms with E-state index in [9.17, 15) is 55.2 Å². The van der Waals surface area contributed by atoms with Crippen molar-refractivity contribution >= 4 is 35.0 Å². The molecule has 0 radical (unpaired) electrons. The van der Waals surface area contributed by atoms with Gasteiger partial charge in [0.2, 0.25) is 18.9 Å². The third-order valence-electron chi connectivity index (χ3n) is 11.8. The van der Waals surface area contributed by atoms with Crippen LogP contribution >= 0.6 is 0 Å². The van der Waals surface area contributed by atoms with E-state index in [0.717, 1.165) is 0 Å². The standard InChI is InChI=1S/C42H56N6O19/c1-46-28-33(54)35(26(63-40(28)59)14-61-38(57)20-11-17(44)5-8-23(20)50)66-42-30(48-3)34(55)36(27(65-42)15-62-39(58)21-12-18(45)6-9-24(21)51)67-41-29(47-2)32(53)31(52)25(64-41)13-60-37(56)19-10-16(43)4-7-22(19)49/h4-12,25-36,40-42,46-55,59H,13-15,43-45H2,1-3H3/p+3/t25?,26?,27?,28?,29?,30?,31-,32+,33+,34+,35-,36-,40-,41+,42+/m1/s1. The topological polar surface area (TPSA) is 415 Å². The molecule has 368 valence electrons.